The lowest BCUT2D eigenvalue weighted by molar-refractivity contribution is -0.109. The Bertz CT molecular complexity index is 93.6. The van der Waals surface area contributed by atoms with E-state index in [1.807, 2.05) is 0 Å². The van der Waals surface area contributed by atoms with E-state index in [0.29, 0.717) is 12.5 Å². The third-order valence-electron chi connectivity index (χ3n) is 2.65. The van der Waals surface area contributed by atoms with Gasteiger partial charge in [0.2, 0.25) is 0 Å². The van der Waals surface area contributed by atoms with Crippen molar-refractivity contribution in [2.45, 2.75) is 25.4 Å². The molecular weight excluding hydrogens is 114 g/mol. The summed E-state index contributed by atoms with van der Waals surface area (Å²) < 4.78 is 5.31. The minimum atomic E-state index is 0.0417. The molecule has 1 saturated carbocycles. The van der Waals surface area contributed by atoms with Crippen molar-refractivity contribution in [3.63, 3.8) is 0 Å². The van der Waals surface area contributed by atoms with E-state index in [4.69, 9.17) is 10.5 Å². The van der Waals surface area contributed by atoms with Crippen molar-refractivity contribution in [1.29, 1.82) is 0 Å². The van der Waals surface area contributed by atoms with Gasteiger partial charge in [-0.15, -0.1) is 0 Å². The van der Waals surface area contributed by atoms with Gasteiger partial charge in [0.25, 0.3) is 0 Å². The predicted octanol–water partition coefficient (Wildman–Crippen LogP) is 0.760. The molecule has 54 valence electrons. The molecule has 0 radical (unpaired) electrons. The van der Waals surface area contributed by atoms with Gasteiger partial charge in [-0.1, -0.05) is 6.92 Å². The van der Waals surface area contributed by atoms with Crippen LogP contribution in [0.2, 0.25) is 0 Å². The average Bonchev–Trinajstić information content (AvgIpc) is 1.89. The maximum absolute atomic E-state index is 5.54. The zero-order valence-electron chi connectivity index (χ0n) is 6.18. The molecule has 0 saturated heterocycles. The van der Waals surface area contributed by atoms with E-state index in [2.05, 4.69) is 6.92 Å². The summed E-state index contributed by atoms with van der Waals surface area (Å²) in [5.74, 6) is 0.660. The van der Waals surface area contributed by atoms with Crippen molar-refractivity contribution in [3.8, 4) is 0 Å². The first-order valence-electron chi connectivity index (χ1n) is 3.50. The van der Waals surface area contributed by atoms with Gasteiger partial charge in [0.1, 0.15) is 0 Å². The van der Waals surface area contributed by atoms with E-state index < -0.39 is 0 Å². The second-order valence-corrected chi connectivity index (χ2v) is 2.91. The Kier molecular flexibility index (Phi) is 1.78. The van der Waals surface area contributed by atoms with Gasteiger partial charge in [-0.05, 0) is 18.8 Å². The molecule has 2 atom stereocenters. The molecular formula is C7H15NO. The summed E-state index contributed by atoms with van der Waals surface area (Å²) in [6, 6.07) is 0. The van der Waals surface area contributed by atoms with Crippen LogP contribution in [0.25, 0.3) is 0 Å². The van der Waals surface area contributed by atoms with Crippen LogP contribution in [0.15, 0.2) is 0 Å². The van der Waals surface area contributed by atoms with E-state index in [1.165, 1.54) is 6.42 Å². The SMILES string of the molecule is COC1(CN)CCC1C. The van der Waals surface area contributed by atoms with Crippen molar-refractivity contribution < 1.29 is 4.74 Å². The van der Waals surface area contributed by atoms with E-state index >= 15 is 0 Å². The van der Waals surface area contributed by atoms with Gasteiger partial charge < -0.3 is 10.5 Å². The quantitative estimate of drug-likeness (QED) is 0.597. The van der Waals surface area contributed by atoms with Crippen LogP contribution in [0.3, 0.4) is 0 Å². The summed E-state index contributed by atoms with van der Waals surface area (Å²) in [7, 11) is 1.75. The fraction of sp³-hybridized carbons (Fsp3) is 1.00. The van der Waals surface area contributed by atoms with Crippen LogP contribution < -0.4 is 5.73 Å². The zero-order valence-corrected chi connectivity index (χ0v) is 6.18. The molecule has 0 aliphatic heterocycles. The molecule has 0 aromatic heterocycles. The molecule has 1 rings (SSSR count). The Hall–Kier alpha value is -0.0800. The third kappa shape index (κ3) is 0.864. The van der Waals surface area contributed by atoms with Crippen molar-refractivity contribution in [1.82, 2.24) is 0 Å². The van der Waals surface area contributed by atoms with Crippen LogP contribution in [0.4, 0.5) is 0 Å². The smallest absolute Gasteiger partial charge is 0.0825 e. The fourth-order valence-electron chi connectivity index (χ4n) is 1.44. The van der Waals surface area contributed by atoms with Crippen LogP contribution in [-0.4, -0.2) is 19.3 Å². The second kappa shape index (κ2) is 2.27. The molecule has 0 amide bonds. The lowest BCUT2D eigenvalue weighted by Crippen LogP contribution is -2.52. The highest BCUT2D eigenvalue weighted by molar-refractivity contribution is 4.95. The summed E-state index contributed by atoms with van der Waals surface area (Å²) >= 11 is 0. The summed E-state index contributed by atoms with van der Waals surface area (Å²) in [5, 5.41) is 0. The molecule has 2 N–H and O–H groups in total. The van der Waals surface area contributed by atoms with E-state index in [0.717, 1.165) is 6.42 Å². The summed E-state index contributed by atoms with van der Waals surface area (Å²) in [4.78, 5) is 0. The van der Waals surface area contributed by atoms with Gasteiger partial charge in [-0.3, -0.25) is 0 Å². The van der Waals surface area contributed by atoms with Crippen LogP contribution in [0, 0.1) is 5.92 Å². The average molecular weight is 129 g/mol. The molecule has 2 unspecified atom stereocenters. The number of ether oxygens (including phenoxy) is 1. The van der Waals surface area contributed by atoms with Crippen molar-refractivity contribution in [3.05, 3.63) is 0 Å². The van der Waals surface area contributed by atoms with Crippen LogP contribution in [0.1, 0.15) is 19.8 Å². The van der Waals surface area contributed by atoms with E-state index in [-0.39, 0.29) is 5.60 Å². The highest BCUT2D eigenvalue weighted by Crippen LogP contribution is 2.39. The maximum atomic E-state index is 5.54. The van der Waals surface area contributed by atoms with E-state index in [9.17, 15) is 0 Å². The largest absolute Gasteiger partial charge is 0.377 e. The summed E-state index contributed by atoms with van der Waals surface area (Å²) in [5.41, 5.74) is 5.59. The molecule has 2 heteroatoms. The van der Waals surface area contributed by atoms with Gasteiger partial charge in [0, 0.05) is 13.7 Å². The Morgan fingerprint density at radius 1 is 1.78 bits per heavy atom. The predicted molar refractivity (Wildman–Crippen MR) is 37.2 cm³/mol. The molecule has 0 aromatic carbocycles. The Balaban J connectivity index is 2.48. The van der Waals surface area contributed by atoms with Gasteiger partial charge >= 0.3 is 0 Å². The Morgan fingerprint density at radius 2 is 2.44 bits per heavy atom. The fourth-order valence-corrected chi connectivity index (χ4v) is 1.44. The van der Waals surface area contributed by atoms with Gasteiger partial charge in [-0.25, -0.2) is 0 Å². The van der Waals surface area contributed by atoms with Crippen LogP contribution >= 0.6 is 0 Å². The molecule has 0 aromatic rings. The molecule has 2 nitrogen and oxygen atoms in total. The van der Waals surface area contributed by atoms with Gasteiger partial charge in [-0.2, -0.15) is 0 Å². The number of rotatable bonds is 2. The minimum Gasteiger partial charge on any atom is -0.377 e. The van der Waals surface area contributed by atoms with Crippen molar-refractivity contribution in [2.24, 2.45) is 11.7 Å². The van der Waals surface area contributed by atoms with Gasteiger partial charge in [0.05, 0.1) is 5.60 Å². The minimum absolute atomic E-state index is 0.0417. The molecule has 1 aliphatic rings. The highest BCUT2D eigenvalue weighted by Gasteiger charge is 2.42. The maximum Gasteiger partial charge on any atom is 0.0825 e. The normalized spacial score (nSPS) is 42.3. The summed E-state index contributed by atoms with van der Waals surface area (Å²) in [6.07, 6.45) is 2.41. The lowest BCUT2D eigenvalue weighted by atomic mass is 9.70. The molecule has 1 aliphatic carbocycles. The number of hydrogen-bond donors (Lipinski definition) is 1. The van der Waals surface area contributed by atoms with Crippen LogP contribution in [0.5, 0.6) is 0 Å². The molecule has 1 fully saturated rings. The van der Waals surface area contributed by atoms with Crippen molar-refractivity contribution >= 4 is 0 Å². The molecule has 9 heavy (non-hydrogen) atoms. The summed E-state index contributed by atoms with van der Waals surface area (Å²) in [6.45, 7) is 2.87. The van der Waals surface area contributed by atoms with Crippen molar-refractivity contribution in [2.75, 3.05) is 13.7 Å². The first-order valence-corrected chi connectivity index (χ1v) is 3.50. The zero-order chi connectivity index (χ0) is 6.91. The molecule has 0 spiro atoms. The Morgan fingerprint density at radius 3 is 2.44 bits per heavy atom. The Labute approximate surface area is 56.4 Å². The standard InChI is InChI=1S/C7H15NO/c1-6-3-4-7(6,5-8)9-2/h6H,3-5,8H2,1-2H3. The highest BCUT2D eigenvalue weighted by atomic mass is 16.5. The number of nitrogens with two attached hydrogens (primary N) is 1. The monoisotopic (exact) mass is 129 g/mol. The van der Waals surface area contributed by atoms with E-state index in [1.54, 1.807) is 7.11 Å². The van der Waals surface area contributed by atoms with Crippen LogP contribution in [-0.2, 0) is 4.74 Å². The number of hydrogen-bond acceptors (Lipinski definition) is 2. The molecule has 0 heterocycles. The van der Waals surface area contributed by atoms with Gasteiger partial charge in [0.15, 0.2) is 0 Å². The third-order valence-corrected chi connectivity index (χ3v) is 2.65. The first-order chi connectivity index (χ1) is 4.25. The lowest BCUT2D eigenvalue weighted by Gasteiger charge is -2.46. The second-order valence-electron chi connectivity index (χ2n) is 2.91. The number of methoxy groups -OCH3 is 1. The molecule has 0 bridgehead atoms. The topological polar surface area (TPSA) is 35.2 Å². The first kappa shape index (κ1) is 7.03.